The molecule has 0 fully saturated rings. The van der Waals surface area contributed by atoms with Crippen LogP contribution in [0.4, 0.5) is 5.88 Å². The molecule has 5 heteroatoms. The molecule has 80 valence electrons. The summed E-state index contributed by atoms with van der Waals surface area (Å²) in [4.78, 5) is 3.16. The van der Waals surface area contributed by atoms with Crippen LogP contribution in [-0.2, 0) is 0 Å². The van der Waals surface area contributed by atoms with Gasteiger partial charge in [0.05, 0.1) is 0 Å². The third-order valence-corrected chi connectivity index (χ3v) is 3.11. The van der Waals surface area contributed by atoms with Crippen molar-refractivity contribution >= 4 is 32.7 Å². The molecular formula is C11H8BrN3O. The van der Waals surface area contributed by atoms with Gasteiger partial charge in [-0.3, -0.25) is 0 Å². The molecule has 0 atom stereocenters. The Kier molecular flexibility index (Phi) is 2.00. The van der Waals surface area contributed by atoms with E-state index in [4.69, 9.17) is 10.3 Å². The highest BCUT2D eigenvalue weighted by Crippen LogP contribution is 2.28. The molecule has 1 aromatic carbocycles. The van der Waals surface area contributed by atoms with Crippen molar-refractivity contribution in [2.45, 2.75) is 0 Å². The Bertz CT molecular complexity index is 656. The molecule has 3 rings (SSSR count). The first kappa shape index (κ1) is 9.47. The van der Waals surface area contributed by atoms with Crippen LogP contribution >= 0.6 is 15.9 Å². The maximum Gasteiger partial charge on any atom is 0.222 e. The first-order valence-corrected chi connectivity index (χ1v) is 5.52. The molecule has 16 heavy (non-hydrogen) atoms. The summed E-state index contributed by atoms with van der Waals surface area (Å²) < 4.78 is 5.88. The smallest absolute Gasteiger partial charge is 0.222 e. The van der Waals surface area contributed by atoms with E-state index in [1.807, 2.05) is 24.4 Å². The van der Waals surface area contributed by atoms with Gasteiger partial charge in [0, 0.05) is 33.2 Å². The zero-order chi connectivity index (χ0) is 11.1. The standard InChI is InChI=1S/C11H8BrN3O/c12-8-5-14-9-2-1-6(3-7(8)9)10-4-11(13)16-15-10/h1-5,14H,13H2. The maximum atomic E-state index is 5.49. The van der Waals surface area contributed by atoms with Crippen molar-refractivity contribution in [3.63, 3.8) is 0 Å². The number of H-pyrrole nitrogens is 1. The molecule has 4 nitrogen and oxygen atoms in total. The summed E-state index contributed by atoms with van der Waals surface area (Å²) in [6, 6.07) is 7.72. The van der Waals surface area contributed by atoms with Gasteiger partial charge in [-0.15, -0.1) is 0 Å². The molecule has 0 amide bonds. The predicted octanol–water partition coefficient (Wildman–Crippen LogP) is 3.17. The van der Waals surface area contributed by atoms with E-state index in [-0.39, 0.29) is 0 Å². The van der Waals surface area contributed by atoms with Crippen molar-refractivity contribution in [3.05, 3.63) is 34.9 Å². The fourth-order valence-corrected chi connectivity index (χ4v) is 2.11. The minimum atomic E-state index is 0.322. The minimum absolute atomic E-state index is 0.322. The van der Waals surface area contributed by atoms with Crippen LogP contribution < -0.4 is 5.73 Å². The number of benzene rings is 1. The van der Waals surface area contributed by atoms with Gasteiger partial charge in [-0.1, -0.05) is 11.2 Å². The van der Waals surface area contributed by atoms with Crippen LogP contribution in [-0.4, -0.2) is 10.1 Å². The lowest BCUT2D eigenvalue weighted by atomic mass is 10.1. The number of nitrogens with zero attached hydrogens (tertiary/aromatic N) is 1. The van der Waals surface area contributed by atoms with E-state index in [9.17, 15) is 0 Å². The SMILES string of the molecule is Nc1cc(-c2ccc3[nH]cc(Br)c3c2)no1. The van der Waals surface area contributed by atoms with E-state index in [0.717, 1.165) is 26.6 Å². The van der Waals surface area contributed by atoms with Crippen LogP contribution in [0.3, 0.4) is 0 Å². The minimum Gasteiger partial charge on any atom is -0.368 e. The largest absolute Gasteiger partial charge is 0.368 e. The Morgan fingerprint density at radius 3 is 2.94 bits per heavy atom. The lowest BCUT2D eigenvalue weighted by Crippen LogP contribution is -1.78. The fourth-order valence-electron chi connectivity index (χ4n) is 1.67. The van der Waals surface area contributed by atoms with Gasteiger partial charge in [0.2, 0.25) is 5.88 Å². The topological polar surface area (TPSA) is 67.8 Å². The van der Waals surface area contributed by atoms with Gasteiger partial charge in [0.25, 0.3) is 0 Å². The molecule has 0 aliphatic rings. The van der Waals surface area contributed by atoms with E-state index in [1.54, 1.807) is 6.07 Å². The monoisotopic (exact) mass is 277 g/mol. The summed E-state index contributed by atoms with van der Waals surface area (Å²) in [6.45, 7) is 0. The van der Waals surface area contributed by atoms with Crippen LogP contribution in [0.1, 0.15) is 0 Å². The number of aromatic amines is 1. The number of rotatable bonds is 1. The molecule has 0 unspecified atom stereocenters. The lowest BCUT2D eigenvalue weighted by Gasteiger charge is -1.96. The Labute approximate surface area is 99.6 Å². The molecule has 2 aromatic heterocycles. The highest BCUT2D eigenvalue weighted by Gasteiger charge is 2.07. The second-order valence-electron chi connectivity index (χ2n) is 3.51. The highest BCUT2D eigenvalue weighted by atomic mass is 79.9. The predicted molar refractivity (Wildman–Crippen MR) is 65.9 cm³/mol. The summed E-state index contributed by atoms with van der Waals surface area (Å²) in [5, 5.41) is 4.99. The van der Waals surface area contributed by atoms with Crippen molar-refractivity contribution in [2.24, 2.45) is 0 Å². The van der Waals surface area contributed by atoms with Crippen molar-refractivity contribution in [2.75, 3.05) is 5.73 Å². The van der Waals surface area contributed by atoms with Gasteiger partial charge >= 0.3 is 0 Å². The number of fused-ring (bicyclic) bond motifs is 1. The van der Waals surface area contributed by atoms with Crippen molar-refractivity contribution in [1.82, 2.24) is 10.1 Å². The van der Waals surface area contributed by atoms with E-state index >= 15 is 0 Å². The number of halogens is 1. The van der Waals surface area contributed by atoms with Crippen LogP contribution in [0.2, 0.25) is 0 Å². The van der Waals surface area contributed by atoms with E-state index < -0.39 is 0 Å². The van der Waals surface area contributed by atoms with Crippen molar-refractivity contribution in [3.8, 4) is 11.3 Å². The first-order chi connectivity index (χ1) is 7.74. The van der Waals surface area contributed by atoms with Gasteiger partial charge in [0.15, 0.2) is 0 Å². The molecule has 0 saturated heterocycles. The normalized spacial score (nSPS) is 11.1. The summed E-state index contributed by atoms with van der Waals surface area (Å²) >= 11 is 3.48. The molecule has 3 N–H and O–H groups in total. The number of nitrogen functional groups attached to an aromatic ring is 1. The second-order valence-corrected chi connectivity index (χ2v) is 4.37. The number of hydrogen-bond donors (Lipinski definition) is 2. The Balaban J connectivity index is 2.21. The quantitative estimate of drug-likeness (QED) is 0.718. The molecule has 2 heterocycles. The molecule has 0 bridgehead atoms. The zero-order valence-electron chi connectivity index (χ0n) is 8.20. The van der Waals surface area contributed by atoms with E-state index in [0.29, 0.717) is 5.88 Å². The Morgan fingerprint density at radius 2 is 2.19 bits per heavy atom. The highest BCUT2D eigenvalue weighted by molar-refractivity contribution is 9.10. The number of aromatic nitrogens is 2. The number of hydrogen-bond acceptors (Lipinski definition) is 3. The van der Waals surface area contributed by atoms with Crippen LogP contribution in [0.25, 0.3) is 22.2 Å². The van der Waals surface area contributed by atoms with Gasteiger partial charge < -0.3 is 15.2 Å². The lowest BCUT2D eigenvalue weighted by molar-refractivity contribution is 0.439. The average molecular weight is 278 g/mol. The first-order valence-electron chi connectivity index (χ1n) is 4.73. The molecular weight excluding hydrogens is 270 g/mol. The molecule has 0 spiro atoms. The van der Waals surface area contributed by atoms with E-state index in [1.165, 1.54) is 0 Å². The molecule has 3 aromatic rings. The Morgan fingerprint density at radius 1 is 1.31 bits per heavy atom. The van der Waals surface area contributed by atoms with Crippen molar-refractivity contribution in [1.29, 1.82) is 0 Å². The zero-order valence-corrected chi connectivity index (χ0v) is 9.78. The summed E-state index contributed by atoms with van der Waals surface area (Å²) in [5.74, 6) is 0.322. The number of anilines is 1. The maximum absolute atomic E-state index is 5.49. The third-order valence-electron chi connectivity index (χ3n) is 2.46. The van der Waals surface area contributed by atoms with Crippen LogP contribution in [0.5, 0.6) is 0 Å². The van der Waals surface area contributed by atoms with Crippen LogP contribution in [0, 0.1) is 0 Å². The number of nitrogens with one attached hydrogen (secondary N) is 1. The summed E-state index contributed by atoms with van der Waals surface area (Å²) in [6.07, 6.45) is 1.91. The van der Waals surface area contributed by atoms with Gasteiger partial charge in [-0.25, -0.2) is 0 Å². The third kappa shape index (κ3) is 1.40. The number of nitrogens with two attached hydrogens (primary N) is 1. The molecule has 0 radical (unpaired) electrons. The van der Waals surface area contributed by atoms with Gasteiger partial charge in [-0.2, -0.15) is 0 Å². The van der Waals surface area contributed by atoms with Crippen molar-refractivity contribution < 1.29 is 4.52 Å². The Hall–Kier alpha value is -1.75. The summed E-state index contributed by atoms with van der Waals surface area (Å²) in [7, 11) is 0. The van der Waals surface area contributed by atoms with Crippen LogP contribution in [0.15, 0.2) is 39.5 Å². The molecule has 0 aliphatic heterocycles. The van der Waals surface area contributed by atoms with Gasteiger partial charge in [-0.05, 0) is 28.1 Å². The average Bonchev–Trinajstić information content (AvgIpc) is 2.86. The van der Waals surface area contributed by atoms with E-state index in [2.05, 4.69) is 26.1 Å². The van der Waals surface area contributed by atoms with Gasteiger partial charge in [0.1, 0.15) is 5.69 Å². The second kappa shape index (κ2) is 3.38. The fraction of sp³-hybridized carbons (Fsp3) is 0. The molecule has 0 saturated carbocycles. The summed E-state index contributed by atoms with van der Waals surface area (Å²) in [5.41, 5.74) is 8.29. The molecule has 0 aliphatic carbocycles.